The topological polar surface area (TPSA) is 51.0 Å². The fourth-order valence-corrected chi connectivity index (χ4v) is 6.03. The predicted octanol–water partition coefficient (Wildman–Crippen LogP) is 6.94. The van der Waals surface area contributed by atoms with Gasteiger partial charge >= 0.3 is 0 Å². The van der Waals surface area contributed by atoms with Crippen molar-refractivity contribution in [3.05, 3.63) is 112 Å². The number of halogens is 1. The maximum Gasteiger partial charge on any atom is 0.240 e. The Labute approximate surface area is 220 Å². The smallest absolute Gasteiger partial charge is 0.240 e. The molecule has 5 rings (SSSR count). The van der Waals surface area contributed by atoms with Gasteiger partial charge in [-0.05, 0) is 55.7 Å². The largest absolute Gasteiger partial charge is 0.285 e. The summed E-state index contributed by atoms with van der Waals surface area (Å²) in [6.07, 6.45) is 0. The summed E-state index contributed by atoms with van der Waals surface area (Å²) in [5.74, 6) is -0.471. The quantitative estimate of drug-likeness (QED) is 0.236. The third kappa shape index (κ3) is 4.92. The number of fused-ring (bicyclic) bond motifs is 1. The summed E-state index contributed by atoms with van der Waals surface area (Å²) in [6, 6.07) is 25.8. The molecule has 0 aliphatic carbocycles. The molecule has 0 spiro atoms. The van der Waals surface area contributed by atoms with Gasteiger partial charge in [0.25, 0.3) is 0 Å². The van der Waals surface area contributed by atoms with E-state index in [-0.39, 0.29) is 5.91 Å². The van der Waals surface area contributed by atoms with Crippen LogP contribution in [0.1, 0.15) is 34.0 Å². The molecule has 0 saturated carbocycles. The summed E-state index contributed by atoms with van der Waals surface area (Å²) in [7, 11) is 0. The zero-order valence-corrected chi connectivity index (χ0v) is 22.1. The number of aryl methyl sites for hydroxylation is 3. The Kier molecular flexibility index (Phi) is 6.90. The Balaban J connectivity index is 1.60. The number of hydrogen-bond donors (Lipinski definition) is 0. The molecule has 36 heavy (non-hydrogen) atoms. The molecule has 0 unspecified atom stereocenters. The minimum atomic E-state index is -0.454. The van der Waals surface area contributed by atoms with Gasteiger partial charge in [-0.3, -0.25) is 14.4 Å². The lowest BCUT2D eigenvalue weighted by Gasteiger charge is -2.26. The number of thiazole rings is 1. The normalized spacial score (nSPS) is 11.4. The van der Waals surface area contributed by atoms with Gasteiger partial charge in [0.05, 0.1) is 28.4 Å². The highest BCUT2D eigenvalue weighted by Crippen LogP contribution is 2.36. The predicted molar refractivity (Wildman–Crippen MR) is 148 cm³/mol. The van der Waals surface area contributed by atoms with E-state index >= 15 is 0 Å². The summed E-state index contributed by atoms with van der Waals surface area (Å²) in [5, 5.41) is 5.94. The summed E-state index contributed by atoms with van der Waals surface area (Å²) >= 11 is 7.83. The Morgan fingerprint density at radius 3 is 2.19 bits per heavy atom. The molecule has 5 nitrogen and oxygen atoms in total. The SMILES string of the molecule is Cc1cc(C)n(CCN(C(=O)C(c2ccccc2)c2ccccc2)c2nc3c(C)cc(Cl)cc3s2)n1. The van der Waals surface area contributed by atoms with Crippen LogP contribution in [0.4, 0.5) is 5.13 Å². The number of benzene rings is 3. The first-order chi connectivity index (χ1) is 17.4. The van der Waals surface area contributed by atoms with Crippen LogP contribution in [0.5, 0.6) is 0 Å². The van der Waals surface area contributed by atoms with Crippen molar-refractivity contribution >= 4 is 44.2 Å². The summed E-state index contributed by atoms with van der Waals surface area (Å²) in [5.41, 5.74) is 5.79. The molecule has 0 saturated heterocycles. The second-order valence-corrected chi connectivity index (χ2v) is 10.4. The van der Waals surface area contributed by atoms with Crippen LogP contribution < -0.4 is 4.90 Å². The van der Waals surface area contributed by atoms with Crippen LogP contribution in [0.25, 0.3) is 10.2 Å². The lowest BCUT2D eigenvalue weighted by Crippen LogP contribution is -2.38. The first-order valence-electron chi connectivity index (χ1n) is 11.9. The van der Waals surface area contributed by atoms with Gasteiger partial charge in [0, 0.05) is 17.3 Å². The van der Waals surface area contributed by atoms with E-state index in [1.165, 1.54) is 11.3 Å². The maximum atomic E-state index is 14.4. The second kappa shape index (κ2) is 10.2. The molecule has 0 aliphatic rings. The molecule has 0 fully saturated rings. The van der Waals surface area contributed by atoms with E-state index in [0.29, 0.717) is 23.2 Å². The summed E-state index contributed by atoms with van der Waals surface area (Å²) in [6.45, 7) is 7.02. The standard InChI is InChI=1S/C29H27ClN4OS/c1-19-16-24(30)18-25-27(19)31-29(36-25)33(14-15-34-21(3)17-20(2)32-34)28(35)26(22-10-6-4-7-11-22)23-12-8-5-9-13-23/h4-13,16-18,26H,14-15H2,1-3H3. The average Bonchev–Trinajstić information content (AvgIpc) is 3.43. The van der Waals surface area contributed by atoms with E-state index in [1.807, 2.05) is 109 Å². The molecular weight excluding hydrogens is 488 g/mol. The zero-order chi connectivity index (χ0) is 25.2. The Hall–Kier alpha value is -3.48. The highest BCUT2D eigenvalue weighted by atomic mass is 35.5. The van der Waals surface area contributed by atoms with Gasteiger partial charge in [0.2, 0.25) is 5.91 Å². The number of amides is 1. The van der Waals surface area contributed by atoms with E-state index < -0.39 is 5.92 Å². The second-order valence-electron chi connectivity index (χ2n) is 8.96. The van der Waals surface area contributed by atoms with Gasteiger partial charge in [-0.15, -0.1) is 0 Å². The molecule has 0 N–H and O–H groups in total. The lowest BCUT2D eigenvalue weighted by molar-refractivity contribution is -0.119. The fraction of sp³-hybridized carbons (Fsp3) is 0.207. The molecule has 2 heterocycles. The number of carbonyl (C=O) groups excluding carboxylic acids is 1. The number of carbonyl (C=O) groups is 1. The van der Waals surface area contributed by atoms with Crippen molar-refractivity contribution in [2.24, 2.45) is 0 Å². The van der Waals surface area contributed by atoms with Crippen LogP contribution in [0, 0.1) is 20.8 Å². The number of hydrogen-bond acceptors (Lipinski definition) is 4. The molecular formula is C29H27ClN4OS. The van der Waals surface area contributed by atoms with Gasteiger partial charge in [-0.25, -0.2) is 4.98 Å². The molecule has 1 amide bonds. The van der Waals surface area contributed by atoms with Gasteiger partial charge in [-0.1, -0.05) is 83.6 Å². The first-order valence-corrected chi connectivity index (χ1v) is 13.1. The highest BCUT2D eigenvalue weighted by Gasteiger charge is 2.30. The molecule has 0 atom stereocenters. The number of nitrogens with zero attached hydrogens (tertiary/aromatic N) is 4. The van der Waals surface area contributed by atoms with Crippen molar-refractivity contribution in [1.29, 1.82) is 0 Å². The van der Waals surface area contributed by atoms with Gasteiger partial charge in [0.1, 0.15) is 0 Å². The van der Waals surface area contributed by atoms with Crippen molar-refractivity contribution in [3.63, 3.8) is 0 Å². The van der Waals surface area contributed by atoms with Crippen molar-refractivity contribution < 1.29 is 4.79 Å². The van der Waals surface area contributed by atoms with Crippen molar-refractivity contribution in [1.82, 2.24) is 14.8 Å². The third-order valence-electron chi connectivity index (χ3n) is 6.29. The number of rotatable bonds is 7. The van der Waals surface area contributed by atoms with E-state index in [4.69, 9.17) is 16.6 Å². The van der Waals surface area contributed by atoms with Crippen molar-refractivity contribution in [2.75, 3.05) is 11.4 Å². The van der Waals surface area contributed by atoms with E-state index in [2.05, 4.69) is 5.10 Å². The average molecular weight is 515 g/mol. The highest BCUT2D eigenvalue weighted by molar-refractivity contribution is 7.22. The van der Waals surface area contributed by atoms with Crippen LogP contribution in [-0.4, -0.2) is 27.2 Å². The molecule has 3 aromatic carbocycles. The van der Waals surface area contributed by atoms with Crippen LogP contribution >= 0.6 is 22.9 Å². The van der Waals surface area contributed by atoms with Gasteiger partial charge in [0.15, 0.2) is 5.13 Å². The summed E-state index contributed by atoms with van der Waals surface area (Å²) in [4.78, 5) is 21.2. The minimum Gasteiger partial charge on any atom is -0.285 e. The van der Waals surface area contributed by atoms with E-state index in [0.717, 1.165) is 38.3 Å². The summed E-state index contributed by atoms with van der Waals surface area (Å²) < 4.78 is 2.92. The fourth-order valence-electron chi connectivity index (χ4n) is 4.58. The minimum absolute atomic E-state index is 0.0169. The lowest BCUT2D eigenvalue weighted by atomic mass is 9.90. The Bertz CT molecular complexity index is 1470. The molecule has 182 valence electrons. The molecule has 0 radical (unpaired) electrons. The molecule has 2 aromatic heterocycles. The molecule has 5 aromatic rings. The zero-order valence-electron chi connectivity index (χ0n) is 20.5. The van der Waals surface area contributed by atoms with Crippen molar-refractivity contribution in [2.45, 2.75) is 33.2 Å². The third-order valence-corrected chi connectivity index (χ3v) is 7.53. The van der Waals surface area contributed by atoms with Crippen LogP contribution in [0.15, 0.2) is 78.9 Å². The van der Waals surface area contributed by atoms with Gasteiger partial charge < -0.3 is 0 Å². The molecule has 0 aliphatic heterocycles. The van der Waals surface area contributed by atoms with E-state index in [9.17, 15) is 4.79 Å². The van der Waals surface area contributed by atoms with Crippen LogP contribution in [-0.2, 0) is 11.3 Å². The monoisotopic (exact) mass is 514 g/mol. The van der Waals surface area contributed by atoms with Crippen LogP contribution in [0.2, 0.25) is 5.02 Å². The number of anilines is 1. The first kappa shape index (κ1) is 24.2. The maximum absolute atomic E-state index is 14.4. The van der Waals surface area contributed by atoms with E-state index in [1.54, 1.807) is 0 Å². The molecule has 7 heteroatoms. The Morgan fingerprint density at radius 2 is 1.61 bits per heavy atom. The number of aromatic nitrogens is 3. The van der Waals surface area contributed by atoms with Crippen molar-refractivity contribution in [3.8, 4) is 0 Å². The van der Waals surface area contributed by atoms with Gasteiger partial charge in [-0.2, -0.15) is 5.10 Å². The molecule has 0 bridgehead atoms. The Morgan fingerprint density at radius 1 is 0.972 bits per heavy atom. The van der Waals surface area contributed by atoms with Crippen LogP contribution in [0.3, 0.4) is 0 Å².